The van der Waals surface area contributed by atoms with Gasteiger partial charge in [-0.25, -0.2) is 13.6 Å². The van der Waals surface area contributed by atoms with Crippen LogP contribution in [0.25, 0.3) is 0 Å². The van der Waals surface area contributed by atoms with Gasteiger partial charge in [0, 0.05) is 10.5 Å². The lowest BCUT2D eigenvalue weighted by atomic mass is 10.2. The van der Waals surface area contributed by atoms with Gasteiger partial charge in [-0.3, -0.25) is 4.79 Å². The zero-order valence-corrected chi connectivity index (χ0v) is 14.6. The van der Waals surface area contributed by atoms with E-state index < -0.39 is 10.0 Å². The highest BCUT2D eigenvalue weighted by Gasteiger charge is 2.37. The van der Waals surface area contributed by atoms with Gasteiger partial charge in [0.2, 0.25) is 10.0 Å². The van der Waals surface area contributed by atoms with Gasteiger partial charge < -0.3 is 5.32 Å². The molecule has 1 aromatic rings. The summed E-state index contributed by atoms with van der Waals surface area (Å²) >= 11 is 9.11. The van der Waals surface area contributed by atoms with Gasteiger partial charge in [-0.1, -0.05) is 24.9 Å². The topological polar surface area (TPSA) is 89.3 Å². The highest BCUT2D eigenvalue weighted by atomic mass is 79.9. The van der Waals surface area contributed by atoms with Crippen LogP contribution >= 0.6 is 27.5 Å². The number of hydrogen-bond donors (Lipinski definition) is 2. The van der Waals surface area contributed by atoms with E-state index in [-0.39, 0.29) is 31.9 Å². The first-order valence-electron chi connectivity index (χ1n) is 6.56. The molecule has 0 aromatic heterocycles. The number of nitrogens with one attached hydrogen (secondary N) is 1. The molecule has 8 heteroatoms. The van der Waals surface area contributed by atoms with Crippen LogP contribution < -0.4 is 10.5 Å². The summed E-state index contributed by atoms with van der Waals surface area (Å²) in [5, 5.41) is 8.17. The van der Waals surface area contributed by atoms with Gasteiger partial charge in [0.1, 0.15) is 0 Å². The first-order chi connectivity index (χ1) is 9.74. The molecule has 1 saturated carbocycles. The molecule has 1 aliphatic rings. The van der Waals surface area contributed by atoms with Crippen molar-refractivity contribution in [3.05, 3.63) is 27.2 Å². The fourth-order valence-corrected chi connectivity index (χ4v) is 4.30. The molecule has 5 nitrogen and oxygen atoms in total. The lowest BCUT2D eigenvalue weighted by Crippen LogP contribution is -2.27. The van der Waals surface area contributed by atoms with Gasteiger partial charge in [0.25, 0.3) is 5.91 Å². The van der Waals surface area contributed by atoms with Crippen LogP contribution in [0.2, 0.25) is 5.02 Å². The van der Waals surface area contributed by atoms with Crippen molar-refractivity contribution in [1.29, 1.82) is 0 Å². The standard InChI is InChI=1S/C13H16BrClN2O3S/c1-2-3-7-4-11(7)17-13(18)8-5-12(21(16,19)20)9(14)6-10(8)15/h5-7,11H,2-4H2,1H3,(H,17,18)(H2,16,19,20). The number of amides is 1. The number of nitrogens with two attached hydrogens (primary N) is 1. The molecule has 2 unspecified atom stereocenters. The Labute approximate surface area is 137 Å². The van der Waals surface area contributed by atoms with Gasteiger partial charge in [-0.2, -0.15) is 0 Å². The zero-order valence-electron chi connectivity index (χ0n) is 11.4. The Bertz CT molecular complexity index is 678. The molecule has 0 radical (unpaired) electrons. The Kier molecular flexibility index (Phi) is 4.97. The van der Waals surface area contributed by atoms with Crippen LogP contribution in [-0.4, -0.2) is 20.4 Å². The number of sulfonamides is 1. The minimum absolute atomic E-state index is 0.117. The zero-order chi connectivity index (χ0) is 15.8. The second-order valence-electron chi connectivity index (χ2n) is 5.17. The molecule has 0 aliphatic heterocycles. The quantitative estimate of drug-likeness (QED) is 0.803. The Hall–Kier alpha value is -0.630. The molecule has 0 bridgehead atoms. The summed E-state index contributed by atoms with van der Waals surface area (Å²) in [5.74, 6) is 0.131. The molecule has 0 saturated heterocycles. The maximum Gasteiger partial charge on any atom is 0.253 e. The maximum absolute atomic E-state index is 12.2. The van der Waals surface area contributed by atoms with Crippen LogP contribution in [0.15, 0.2) is 21.5 Å². The third kappa shape index (κ3) is 3.97. The summed E-state index contributed by atoms with van der Waals surface area (Å²) in [6.45, 7) is 2.10. The predicted octanol–water partition coefficient (Wildman–Crippen LogP) is 2.67. The van der Waals surface area contributed by atoms with E-state index in [1.54, 1.807) is 0 Å². The van der Waals surface area contributed by atoms with Crippen LogP contribution in [-0.2, 0) is 10.0 Å². The fraction of sp³-hybridized carbons (Fsp3) is 0.462. The van der Waals surface area contributed by atoms with E-state index in [1.807, 2.05) is 0 Å². The number of benzene rings is 1. The molecule has 0 heterocycles. The monoisotopic (exact) mass is 394 g/mol. The minimum atomic E-state index is -3.92. The molecular formula is C13H16BrClN2O3S. The van der Waals surface area contributed by atoms with E-state index in [2.05, 4.69) is 28.2 Å². The van der Waals surface area contributed by atoms with Gasteiger partial charge in [-0.05, 0) is 46.8 Å². The van der Waals surface area contributed by atoms with Crippen molar-refractivity contribution >= 4 is 43.5 Å². The molecule has 1 amide bonds. The predicted molar refractivity (Wildman–Crippen MR) is 84.8 cm³/mol. The van der Waals surface area contributed by atoms with Gasteiger partial charge in [0.15, 0.2) is 0 Å². The summed E-state index contributed by atoms with van der Waals surface area (Å²) in [6.07, 6.45) is 3.10. The molecule has 1 fully saturated rings. The van der Waals surface area contributed by atoms with Crippen molar-refractivity contribution < 1.29 is 13.2 Å². The van der Waals surface area contributed by atoms with E-state index in [4.69, 9.17) is 16.7 Å². The molecular weight excluding hydrogens is 380 g/mol. The van der Waals surface area contributed by atoms with E-state index >= 15 is 0 Å². The Morgan fingerprint density at radius 2 is 2.19 bits per heavy atom. The summed E-state index contributed by atoms with van der Waals surface area (Å²) in [5.41, 5.74) is 0.117. The number of primary sulfonamides is 1. The molecule has 116 valence electrons. The average molecular weight is 396 g/mol. The first-order valence-corrected chi connectivity index (χ1v) is 9.28. The number of rotatable bonds is 5. The van der Waals surface area contributed by atoms with Crippen LogP contribution in [0.5, 0.6) is 0 Å². The Morgan fingerprint density at radius 1 is 1.52 bits per heavy atom. The lowest BCUT2D eigenvalue weighted by molar-refractivity contribution is 0.0948. The van der Waals surface area contributed by atoms with Crippen LogP contribution in [0.3, 0.4) is 0 Å². The summed E-state index contributed by atoms with van der Waals surface area (Å²) in [4.78, 5) is 12.1. The van der Waals surface area contributed by atoms with Gasteiger partial charge >= 0.3 is 0 Å². The molecule has 2 atom stereocenters. The molecule has 3 N–H and O–H groups in total. The highest BCUT2D eigenvalue weighted by Crippen LogP contribution is 2.35. The number of halogens is 2. The number of carbonyl (C=O) groups excluding carboxylic acids is 1. The highest BCUT2D eigenvalue weighted by molar-refractivity contribution is 9.10. The Balaban J connectivity index is 2.22. The smallest absolute Gasteiger partial charge is 0.253 e. The maximum atomic E-state index is 12.2. The summed E-state index contributed by atoms with van der Waals surface area (Å²) < 4.78 is 23.2. The summed E-state index contributed by atoms with van der Waals surface area (Å²) in [6, 6.07) is 2.72. The SMILES string of the molecule is CCCC1CC1NC(=O)c1cc(S(N)(=O)=O)c(Br)cc1Cl. The molecule has 2 rings (SSSR count). The Morgan fingerprint density at radius 3 is 2.76 bits per heavy atom. The van der Waals surface area contributed by atoms with E-state index in [1.165, 1.54) is 12.1 Å². The number of carbonyl (C=O) groups is 1. The van der Waals surface area contributed by atoms with Gasteiger partial charge in [0.05, 0.1) is 15.5 Å². The van der Waals surface area contributed by atoms with Gasteiger partial charge in [-0.15, -0.1) is 0 Å². The molecule has 0 spiro atoms. The number of hydrogen-bond acceptors (Lipinski definition) is 3. The average Bonchev–Trinajstić information content (AvgIpc) is 3.05. The van der Waals surface area contributed by atoms with Crippen molar-refractivity contribution in [2.45, 2.75) is 37.1 Å². The molecule has 21 heavy (non-hydrogen) atoms. The third-order valence-corrected chi connectivity index (χ3v) is 5.65. The van der Waals surface area contributed by atoms with Crippen LogP contribution in [0.4, 0.5) is 0 Å². The van der Waals surface area contributed by atoms with Crippen molar-refractivity contribution in [2.24, 2.45) is 11.1 Å². The lowest BCUT2D eigenvalue weighted by Gasteiger charge is -2.09. The van der Waals surface area contributed by atoms with E-state index in [9.17, 15) is 13.2 Å². The van der Waals surface area contributed by atoms with Crippen LogP contribution in [0.1, 0.15) is 36.5 Å². The van der Waals surface area contributed by atoms with Crippen LogP contribution in [0, 0.1) is 5.92 Å². The van der Waals surface area contributed by atoms with E-state index in [0.29, 0.717) is 5.92 Å². The van der Waals surface area contributed by atoms with Crippen molar-refractivity contribution in [3.8, 4) is 0 Å². The summed E-state index contributed by atoms with van der Waals surface area (Å²) in [7, 11) is -3.92. The minimum Gasteiger partial charge on any atom is -0.349 e. The second kappa shape index (κ2) is 6.24. The van der Waals surface area contributed by atoms with Crippen molar-refractivity contribution in [3.63, 3.8) is 0 Å². The van der Waals surface area contributed by atoms with E-state index in [0.717, 1.165) is 19.3 Å². The van der Waals surface area contributed by atoms with Crippen molar-refractivity contribution in [2.75, 3.05) is 0 Å². The first kappa shape index (κ1) is 16.7. The largest absolute Gasteiger partial charge is 0.349 e. The fourth-order valence-electron chi connectivity index (χ4n) is 2.28. The molecule has 1 aliphatic carbocycles. The third-order valence-electron chi connectivity index (χ3n) is 3.47. The second-order valence-corrected chi connectivity index (χ2v) is 7.96. The molecule has 1 aromatic carbocycles. The van der Waals surface area contributed by atoms with Crippen molar-refractivity contribution in [1.82, 2.24) is 5.32 Å². The normalized spacial score (nSPS) is 21.1.